The van der Waals surface area contributed by atoms with Gasteiger partial charge in [0, 0.05) is 18.6 Å². The predicted molar refractivity (Wildman–Crippen MR) is 60.6 cm³/mol. The van der Waals surface area contributed by atoms with Crippen LogP contribution in [0, 0.1) is 0 Å². The van der Waals surface area contributed by atoms with Crippen molar-refractivity contribution in [3.8, 4) is 11.4 Å². The molecule has 0 unspecified atom stereocenters. The standard InChI is InChI=1S/C11H10N2O2S/c1-16(14,15)9-5-6-11(13-8-9)10-4-2-3-7-12-10/h2-8H,1H3. The molecule has 0 aliphatic rings. The van der Waals surface area contributed by atoms with E-state index in [1.807, 2.05) is 18.2 Å². The van der Waals surface area contributed by atoms with Crippen molar-refractivity contribution in [2.45, 2.75) is 4.90 Å². The third-order valence-corrected chi connectivity index (χ3v) is 3.19. The molecule has 16 heavy (non-hydrogen) atoms. The second-order valence-corrected chi connectivity index (χ2v) is 5.38. The molecule has 2 aromatic rings. The zero-order chi connectivity index (χ0) is 11.6. The highest BCUT2D eigenvalue weighted by Gasteiger charge is 2.07. The summed E-state index contributed by atoms with van der Waals surface area (Å²) in [4.78, 5) is 8.42. The van der Waals surface area contributed by atoms with Crippen LogP contribution in [0.15, 0.2) is 47.6 Å². The van der Waals surface area contributed by atoms with Crippen LogP contribution < -0.4 is 0 Å². The minimum absolute atomic E-state index is 0.215. The molecule has 0 N–H and O–H groups in total. The topological polar surface area (TPSA) is 59.9 Å². The fourth-order valence-electron chi connectivity index (χ4n) is 1.27. The van der Waals surface area contributed by atoms with Gasteiger partial charge in [0.2, 0.25) is 0 Å². The Hall–Kier alpha value is -1.75. The second kappa shape index (κ2) is 4.02. The number of aromatic nitrogens is 2. The van der Waals surface area contributed by atoms with E-state index >= 15 is 0 Å². The first-order chi connectivity index (χ1) is 7.57. The molecule has 82 valence electrons. The van der Waals surface area contributed by atoms with Crippen molar-refractivity contribution in [3.63, 3.8) is 0 Å². The van der Waals surface area contributed by atoms with E-state index in [9.17, 15) is 8.42 Å². The molecule has 0 atom stereocenters. The molecule has 0 amide bonds. The Labute approximate surface area is 93.9 Å². The molecule has 4 nitrogen and oxygen atoms in total. The zero-order valence-electron chi connectivity index (χ0n) is 8.66. The van der Waals surface area contributed by atoms with Gasteiger partial charge in [0.1, 0.15) is 0 Å². The van der Waals surface area contributed by atoms with Crippen molar-refractivity contribution < 1.29 is 8.42 Å². The molecular formula is C11H10N2O2S. The smallest absolute Gasteiger partial charge is 0.177 e. The van der Waals surface area contributed by atoms with Gasteiger partial charge in [0.05, 0.1) is 16.3 Å². The van der Waals surface area contributed by atoms with E-state index in [0.29, 0.717) is 5.69 Å². The van der Waals surface area contributed by atoms with Crippen molar-refractivity contribution in [2.24, 2.45) is 0 Å². The average molecular weight is 234 g/mol. The first kappa shape index (κ1) is 10.8. The number of hydrogen-bond acceptors (Lipinski definition) is 4. The van der Waals surface area contributed by atoms with Gasteiger partial charge in [-0.15, -0.1) is 0 Å². The Kier molecular flexibility index (Phi) is 2.70. The normalized spacial score (nSPS) is 11.3. The molecule has 0 saturated heterocycles. The molecule has 0 saturated carbocycles. The third-order valence-electron chi connectivity index (χ3n) is 2.09. The number of pyridine rings is 2. The van der Waals surface area contributed by atoms with Crippen LogP contribution in [-0.2, 0) is 9.84 Å². The van der Waals surface area contributed by atoms with Gasteiger partial charge in [-0.3, -0.25) is 9.97 Å². The second-order valence-electron chi connectivity index (χ2n) is 3.37. The van der Waals surface area contributed by atoms with Gasteiger partial charge in [0.25, 0.3) is 0 Å². The minimum Gasteiger partial charge on any atom is -0.255 e. The predicted octanol–water partition coefficient (Wildman–Crippen LogP) is 1.55. The molecule has 0 aromatic carbocycles. The summed E-state index contributed by atoms with van der Waals surface area (Å²) in [5.74, 6) is 0. The van der Waals surface area contributed by atoms with Crippen LogP contribution in [0.1, 0.15) is 0 Å². The van der Waals surface area contributed by atoms with Gasteiger partial charge < -0.3 is 0 Å². The monoisotopic (exact) mass is 234 g/mol. The Balaban J connectivity index is 2.41. The molecule has 2 rings (SSSR count). The average Bonchev–Trinajstić information content (AvgIpc) is 2.29. The number of rotatable bonds is 2. The summed E-state index contributed by atoms with van der Waals surface area (Å²) < 4.78 is 22.5. The Bertz CT molecular complexity index is 577. The highest BCUT2D eigenvalue weighted by Crippen LogP contribution is 2.15. The summed E-state index contributed by atoms with van der Waals surface area (Å²) in [5.41, 5.74) is 1.38. The van der Waals surface area contributed by atoms with E-state index < -0.39 is 9.84 Å². The first-order valence-corrected chi connectivity index (χ1v) is 6.54. The Morgan fingerprint density at radius 1 is 1.00 bits per heavy atom. The van der Waals surface area contributed by atoms with Crippen molar-refractivity contribution in [2.75, 3.05) is 6.26 Å². The lowest BCUT2D eigenvalue weighted by atomic mass is 10.2. The van der Waals surface area contributed by atoms with Gasteiger partial charge in [-0.1, -0.05) is 6.07 Å². The molecule has 0 bridgehead atoms. The summed E-state index contributed by atoms with van der Waals surface area (Å²) in [6.45, 7) is 0. The zero-order valence-corrected chi connectivity index (χ0v) is 9.48. The number of nitrogens with zero attached hydrogens (tertiary/aromatic N) is 2. The lowest BCUT2D eigenvalue weighted by Gasteiger charge is -2.00. The summed E-state index contributed by atoms with van der Waals surface area (Å²) >= 11 is 0. The van der Waals surface area contributed by atoms with E-state index in [4.69, 9.17) is 0 Å². The van der Waals surface area contributed by atoms with Crippen LogP contribution >= 0.6 is 0 Å². The molecule has 2 aromatic heterocycles. The Morgan fingerprint density at radius 2 is 1.75 bits per heavy atom. The van der Waals surface area contributed by atoms with Gasteiger partial charge in [-0.25, -0.2) is 8.42 Å². The van der Waals surface area contributed by atoms with E-state index in [1.165, 1.54) is 12.3 Å². The van der Waals surface area contributed by atoms with Crippen LogP contribution in [0.25, 0.3) is 11.4 Å². The van der Waals surface area contributed by atoms with Crippen molar-refractivity contribution in [1.29, 1.82) is 0 Å². The number of hydrogen-bond donors (Lipinski definition) is 0. The minimum atomic E-state index is -3.18. The molecule has 0 fully saturated rings. The molecule has 0 spiro atoms. The summed E-state index contributed by atoms with van der Waals surface area (Å²) in [5, 5.41) is 0. The highest BCUT2D eigenvalue weighted by atomic mass is 32.2. The maximum Gasteiger partial charge on any atom is 0.177 e. The highest BCUT2D eigenvalue weighted by molar-refractivity contribution is 7.90. The molecule has 2 heterocycles. The molecule has 0 radical (unpaired) electrons. The molecule has 0 aliphatic carbocycles. The van der Waals surface area contributed by atoms with Crippen LogP contribution in [0.3, 0.4) is 0 Å². The fraction of sp³-hybridized carbons (Fsp3) is 0.0909. The van der Waals surface area contributed by atoms with E-state index in [1.54, 1.807) is 12.3 Å². The lowest BCUT2D eigenvalue weighted by molar-refractivity contribution is 0.601. The van der Waals surface area contributed by atoms with Crippen LogP contribution in [0.5, 0.6) is 0 Å². The van der Waals surface area contributed by atoms with Gasteiger partial charge >= 0.3 is 0 Å². The van der Waals surface area contributed by atoms with Crippen molar-refractivity contribution >= 4 is 9.84 Å². The summed E-state index contributed by atoms with van der Waals surface area (Å²) in [6.07, 6.45) is 4.17. The lowest BCUT2D eigenvalue weighted by Crippen LogP contribution is -1.98. The molecule has 0 aliphatic heterocycles. The maximum atomic E-state index is 11.2. The largest absolute Gasteiger partial charge is 0.255 e. The maximum absolute atomic E-state index is 11.2. The van der Waals surface area contributed by atoms with Gasteiger partial charge in [0.15, 0.2) is 9.84 Å². The Morgan fingerprint density at radius 3 is 2.25 bits per heavy atom. The van der Waals surface area contributed by atoms with Crippen LogP contribution in [0.4, 0.5) is 0 Å². The first-order valence-electron chi connectivity index (χ1n) is 4.65. The van der Waals surface area contributed by atoms with Crippen LogP contribution in [0.2, 0.25) is 0 Å². The SMILES string of the molecule is CS(=O)(=O)c1ccc(-c2ccccn2)nc1. The van der Waals surface area contributed by atoms with Crippen LogP contribution in [-0.4, -0.2) is 24.6 Å². The van der Waals surface area contributed by atoms with E-state index in [-0.39, 0.29) is 4.90 Å². The van der Waals surface area contributed by atoms with Crippen molar-refractivity contribution in [1.82, 2.24) is 9.97 Å². The quantitative estimate of drug-likeness (QED) is 0.791. The third kappa shape index (κ3) is 2.25. The fourth-order valence-corrected chi connectivity index (χ4v) is 1.82. The number of sulfone groups is 1. The summed E-state index contributed by atoms with van der Waals surface area (Å²) in [6, 6.07) is 8.68. The van der Waals surface area contributed by atoms with Gasteiger partial charge in [-0.05, 0) is 24.3 Å². The van der Waals surface area contributed by atoms with E-state index in [0.717, 1.165) is 11.9 Å². The molecular weight excluding hydrogens is 224 g/mol. The van der Waals surface area contributed by atoms with Crippen molar-refractivity contribution in [3.05, 3.63) is 42.7 Å². The molecule has 5 heteroatoms. The van der Waals surface area contributed by atoms with E-state index in [2.05, 4.69) is 9.97 Å². The summed E-state index contributed by atoms with van der Waals surface area (Å²) in [7, 11) is -3.18. The van der Waals surface area contributed by atoms with Gasteiger partial charge in [-0.2, -0.15) is 0 Å².